The minimum Gasteiger partial charge on any atom is -0.508 e. The molecule has 0 fully saturated rings. The molecular formula is C28H32ClN3O5. The Hall–Kier alpha value is -3.59. The maximum Gasteiger partial charge on any atom is 0.251 e. The van der Waals surface area contributed by atoms with Gasteiger partial charge in [0.15, 0.2) is 0 Å². The van der Waals surface area contributed by atoms with E-state index in [0.717, 1.165) is 5.56 Å². The molecule has 0 heterocycles. The van der Waals surface area contributed by atoms with Gasteiger partial charge in [0.1, 0.15) is 11.5 Å². The van der Waals surface area contributed by atoms with Crippen molar-refractivity contribution in [2.24, 2.45) is 0 Å². The minimum atomic E-state index is -0.858. The number of carbonyl (C=O) groups excluding carboxylic acids is 2. The van der Waals surface area contributed by atoms with Gasteiger partial charge in [-0.2, -0.15) is 0 Å². The summed E-state index contributed by atoms with van der Waals surface area (Å²) in [4.78, 5) is 23.4. The van der Waals surface area contributed by atoms with E-state index in [2.05, 4.69) is 16.0 Å². The van der Waals surface area contributed by atoms with Crippen LogP contribution in [0.1, 0.15) is 47.0 Å². The summed E-state index contributed by atoms with van der Waals surface area (Å²) in [7, 11) is 0. The Balaban J connectivity index is 1.55. The van der Waals surface area contributed by atoms with Gasteiger partial charge in [0.2, 0.25) is 6.41 Å². The van der Waals surface area contributed by atoms with Gasteiger partial charge in [0, 0.05) is 29.2 Å². The predicted molar refractivity (Wildman–Crippen MR) is 144 cm³/mol. The van der Waals surface area contributed by atoms with Crippen LogP contribution in [0.5, 0.6) is 11.5 Å². The highest BCUT2D eigenvalue weighted by Gasteiger charge is 2.21. The van der Waals surface area contributed by atoms with E-state index in [1.807, 2.05) is 32.0 Å². The first-order valence-corrected chi connectivity index (χ1v) is 12.3. The van der Waals surface area contributed by atoms with Crippen LogP contribution in [-0.4, -0.2) is 46.3 Å². The molecule has 0 radical (unpaired) electrons. The predicted octanol–water partition coefficient (Wildman–Crippen LogP) is 3.94. The quantitative estimate of drug-likeness (QED) is 0.157. The topological polar surface area (TPSA) is 131 Å². The Labute approximate surface area is 221 Å². The molecule has 8 nitrogen and oxygen atoms in total. The van der Waals surface area contributed by atoms with Gasteiger partial charge >= 0.3 is 0 Å². The fraction of sp³-hybridized carbons (Fsp3) is 0.286. The van der Waals surface area contributed by atoms with Crippen molar-refractivity contribution in [2.45, 2.75) is 38.3 Å². The van der Waals surface area contributed by atoms with Gasteiger partial charge in [-0.1, -0.05) is 29.8 Å². The van der Waals surface area contributed by atoms with Crippen LogP contribution in [0.2, 0.25) is 5.02 Å². The average molecular weight is 526 g/mol. The highest BCUT2D eigenvalue weighted by atomic mass is 35.5. The van der Waals surface area contributed by atoms with E-state index < -0.39 is 11.6 Å². The third kappa shape index (κ3) is 8.21. The number of phenols is 2. The minimum absolute atomic E-state index is 0.0807. The number of nitrogens with one attached hydrogen (secondary N) is 3. The van der Waals surface area contributed by atoms with Gasteiger partial charge in [0.05, 0.1) is 11.8 Å². The summed E-state index contributed by atoms with van der Waals surface area (Å²) in [6, 6.07) is 16.7. The standard InChI is InChI=1S/C28H32ClN3O5/c1-28(2,32-16-26(36)19-6-8-25(35)23(14-19)31-17-33)15-18-4-3-5-21(12-18)27(37)30-11-10-20-13-22(29)7-9-24(20)34/h3-9,12-14,17,26,32,34-36H,10-11,15-16H2,1-2H3,(H,30,37)(H,31,33)/t26-/m0/s1. The van der Waals surface area contributed by atoms with Crippen molar-refractivity contribution in [3.8, 4) is 11.5 Å². The smallest absolute Gasteiger partial charge is 0.251 e. The molecule has 0 saturated carbocycles. The van der Waals surface area contributed by atoms with Crippen molar-refractivity contribution in [3.05, 3.63) is 87.9 Å². The normalized spacial score (nSPS) is 12.1. The molecule has 2 amide bonds. The molecule has 37 heavy (non-hydrogen) atoms. The zero-order valence-corrected chi connectivity index (χ0v) is 21.5. The third-order valence-corrected chi connectivity index (χ3v) is 6.19. The van der Waals surface area contributed by atoms with Gasteiger partial charge in [-0.05, 0) is 85.8 Å². The van der Waals surface area contributed by atoms with E-state index in [9.17, 15) is 24.9 Å². The molecule has 1 atom stereocenters. The number of β-amino-alcohol motifs (C(OH)–C–C–N with tert-alkyl or cyclic N) is 1. The summed E-state index contributed by atoms with van der Waals surface area (Å²) >= 11 is 5.98. The number of amides is 2. The average Bonchev–Trinajstić information content (AvgIpc) is 2.86. The van der Waals surface area contributed by atoms with E-state index in [1.165, 1.54) is 18.2 Å². The molecule has 0 aromatic heterocycles. The fourth-order valence-corrected chi connectivity index (χ4v) is 4.19. The lowest BCUT2D eigenvalue weighted by atomic mass is 9.93. The number of carbonyl (C=O) groups is 2. The molecule has 9 heteroatoms. The molecule has 0 spiro atoms. The summed E-state index contributed by atoms with van der Waals surface area (Å²) in [6.07, 6.45) is 0.656. The van der Waals surface area contributed by atoms with Crippen LogP contribution in [0.25, 0.3) is 0 Å². The Morgan fingerprint density at radius 1 is 1.05 bits per heavy atom. The van der Waals surface area contributed by atoms with E-state index in [-0.39, 0.29) is 29.6 Å². The zero-order valence-electron chi connectivity index (χ0n) is 20.8. The van der Waals surface area contributed by atoms with E-state index in [1.54, 1.807) is 24.3 Å². The van der Waals surface area contributed by atoms with Crippen LogP contribution >= 0.6 is 11.6 Å². The lowest BCUT2D eigenvalue weighted by Crippen LogP contribution is -2.43. The van der Waals surface area contributed by atoms with Crippen molar-refractivity contribution in [2.75, 3.05) is 18.4 Å². The van der Waals surface area contributed by atoms with Crippen LogP contribution in [0.15, 0.2) is 60.7 Å². The summed E-state index contributed by atoms with van der Waals surface area (Å²) in [5, 5.41) is 39.5. The molecule has 0 aliphatic carbocycles. The number of aromatic hydroxyl groups is 2. The van der Waals surface area contributed by atoms with Gasteiger partial charge < -0.3 is 31.3 Å². The Bertz CT molecular complexity index is 1250. The lowest BCUT2D eigenvalue weighted by molar-refractivity contribution is -0.105. The Kier molecular flexibility index (Phi) is 9.52. The maximum absolute atomic E-state index is 12.7. The first-order chi connectivity index (χ1) is 17.6. The van der Waals surface area contributed by atoms with Crippen LogP contribution in [0.4, 0.5) is 5.69 Å². The number of aliphatic hydroxyl groups excluding tert-OH is 1. The Morgan fingerprint density at radius 3 is 2.57 bits per heavy atom. The molecule has 0 bridgehead atoms. The van der Waals surface area contributed by atoms with Crippen molar-refractivity contribution in [3.63, 3.8) is 0 Å². The second kappa shape index (κ2) is 12.6. The zero-order chi connectivity index (χ0) is 27.0. The number of phenolic OH excluding ortho intramolecular Hbond substituents is 2. The highest BCUT2D eigenvalue weighted by molar-refractivity contribution is 6.30. The number of halogens is 1. The third-order valence-electron chi connectivity index (χ3n) is 5.95. The fourth-order valence-electron chi connectivity index (χ4n) is 3.99. The van der Waals surface area contributed by atoms with Gasteiger partial charge in [-0.3, -0.25) is 9.59 Å². The van der Waals surface area contributed by atoms with Crippen molar-refractivity contribution < 1.29 is 24.9 Å². The second-order valence-electron chi connectivity index (χ2n) is 9.48. The monoisotopic (exact) mass is 525 g/mol. The van der Waals surface area contributed by atoms with E-state index in [4.69, 9.17) is 11.6 Å². The molecule has 196 valence electrons. The molecule has 6 N–H and O–H groups in total. The number of hydrogen-bond acceptors (Lipinski definition) is 6. The van der Waals surface area contributed by atoms with Crippen LogP contribution in [-0.2, 0) is 17.6 Å². The number of rotatable bonds is 12. The molecule has 0 aliphatic rings. The molecule has 0 aliphatic heterocycles. The largest absolute Gasteiger partial charge is 0.508 e. The number of benzene rings is 3. The van der Waals surface area contributed by atoms with Crippen LogP contribution in [0.3, 0.4) is 0 Å². The molecule has 0 unspecified atom stereocenters. The molecular weight excluding hydrogens is 494 g/mol. The highest BCUT2D eigenvalue weighted by Crippen LogP contribution is 2.27. The number of aliphatic hydroxyl groups is 1. The van der Waals surface area contributed by atoms with Gasteiger partial charge in [-0.25, -0.2) is 0 Å². The van der Waals surface area contributed by atoms with Crippen LogP contribution in [0, 0.1) is 0 Å². The van der Waals surface area contributed by atoms with Crippen LogP contribution < -0.4 is 16.0 Å². The SMILES string of the molecule is CC(C)(Cc1cccc(C(=O)NCCc2cc(Cl)ccc2O)c1)NC[C@H](O)c1ccc(O)c(NC=O)c1. The lowest BCUT2D eigenvalue weighted by Gasteiger charge is -2.28. The molecule has 0 saturated heterocycles. The summed E-state index contributed by atoms with van der Waals surface area (Å²) in [5.74, 6) is -0.150. The van der Waals surface area contributed by atoms with E-state index in [0.29, 0.717) is 47.5 Å². The summed E-state index contributed by atoms with van der Waals surface area (Å²) < 4.78 is 0. The number of hydrogen-bond donors (Lipinski definition) is 6. The van der Waals surface area contributed by atoms with E-state index >= 15 is 0 Å². The molecule has 3 rings (SSSR count). The summed E-state index contributed by atoms with van der Waals surface area (Å²) in [6.45, 7) is 4.60. The molecule has 3 aromatic rings. The first kappa shape index (κ1) is 28.0. The van der Waals surface area contributed by atoms with Crippen molar-refractivity contribution in [1.29, 1.82) is 0 Å². The van der Waals surface area contributed by atoms with Crippen molar-refractivity contribution >= 4 is 29.6 Å². The second-order valence-corrected chi connectivity index (χ2v) is 9.91. The Morgan fingerprint density at radius 2 is 1.81 bits per heavy atom. The summed E-state index contributed by atoms with van der Waals surface area (Å²) in [5.41, 5.74) is 2.53. The maximum atomic E-state index is 12.7. The van der Waals surface area contributed by atoms with Gasteiger partial charge in [-0.15, -0.1) is 0 Å². The first-order valence-electron chi connectivity index (χ1n) is 11.9. The van der Waals surface area contributed by atoms with Crippen molar-refractivity contribution in [1.82, 2.24) is 10.6 Å². The number of anilines is 1. The molecule has 3 aromatic carbocycles. The van der Waals surface area contributed by atoms with Gasteiger partial charge in [0.25, 0.3) is 5.91 Å².